The number of anilines is 1. The zero-order valence-corrected chi connectivity index (χ0v) is 16.0. The smallest absolute Gasteiger partial charge is 0.286 e. The Bertz CT molecular complexity index is 1030. The van der Waals surface area contributed by atoms with Crippen LogP contribution in [0.25, 0.3) is 17.0 Å². The number of nitrogens with one attached hydrogen (secondary N) is 2. The van der Waals surface area contributed by atoms with Crippen molar-refractivity contribution in [3.05, 3.63) is 70.8 Å². The van der Waals surface area contributed by atoms with E-state index in [1.165, 1.54) is 30.2 Å². The van der Waals surface area contributed by atoms with Crippen molar-refractivity contribution in [2.24, 2.45) is 4.99 Å². The molecule has 1 aromatic heterocycles. The molecule has 0 atom stereocenters. The van der Waals surface area contributed by atoms with E-state index in [0.29, 0.717) is 10.1 Å². The van der Waals surface area contributed by atoms with Crippen molar-refractivity contribution in [3.8, 4) is 0 Å². The van der Waals surface area contributed by atoms with Crippen LogP contribution in [-0.4, -0.2) is 16.1 Å². The minimum absolute atomic E-state index is 0.202. The van der Waals surface area contributed by atoms with Gasteiger partial charge in [0.2, 0.25) is 0 Å². The van der Waals surface area contributed by atoms with Crippen LogP contribution in [0.3, 0.4) is 0 Å². The maximum atomic E-state index is 12.3. The number of thioether (sulfide) groups is 1. The summed E-state index contributed by atoms with van der Waals surface area (Å²) >= 11 is 1.38. The van der Waals surface area contributed by atoms with Gasteiger partial charge in [0.05, 0.1) is 4.91 Å². The number of aryl methyl sites for hydroxylation is 1. The van der Waals surface area contributed by atoms with Crippen LogP contribution in [0, 0.1) is 0 Å². The number of nitrogens with zero attached hydrogens (tertiary/aromatic N) is 1. The molecule has 2 heterocycles. The van der Waals surface area contributed by atoms with Gasteiger partial charge in [-0.15, -0.1) is 0 Å². The summed E-state index contributed by atoms with van der Waals surface area (Å²) in [6.45, 7) is 2.20. The van der Waals surface area contributed by atoms with E-state index in [0.717, 1.165) is 28.6 Å². The highest BCUT2D eigenvalue weighted by Gasteiger charge is 2.22. The number of amidine groups is 1. The van der Waals surface area contributed by atoms with Crippen molar-refractivity contribution in [1.82, 2.24) is 4.98 Å². The second-order valence-electron chi connectivity index (χ2n) is 6.55. The van der Waals surface area contributed by atoms with E-state index in [9.17, 15) is 4.79 Å². The Morgan fingerprint density at radius 3 is 2.78 bits per heavy atom. The SMILES string of the molecule is CCCCc1ccc(NC2=NC(=O)/C(=C/c3c[nH]c4ccccc34)S2)cc1. The fourth-order valence-corrected chi connectivity index (χ4v) is 3.90. The summed E-state index contributed by atoms with van der Waals surface area (Å²) < 4.78 is 0. The van der Waals surface area contributed by atoms with Crippen molar-refractivity contribution in [3.63, 3.8) is 0 Å². The third-order valence-corrected chi connectivity index (χ3v) is 5.45. The van der Waals surface area contributed by atoms with E-state index in [1.807, 2.05) is 48.7 Å². The van der Waals surface area contributed by atoms with E-state index in [-0.39, 0.29) is 5.91 Å². The van der Waals surface area contributed by atoms with Gasteiger partial charge in [0, 0.05) is 28.4 Å². The monoisotopic (exact) mass is 375 g/mol. The van der Waals surface area contributed by atoms with Crippen molar-refractivity contribution >= 4 is 45.5 Å². The summed E-state index contributed by atoms with van der Waals surface area (Å²) in [7, 11) is 0. The number of aromatic amines is 1. The zero-order chi connectivity index (χ0) is 18.6. The van der Waals surface area contributed by atoms with Crippen molar-refractivity contribution in [2.75, 3.05) is 5.32 Å². The normalized spacial score (nSPS) is 15.5. The number of hydrogen-bond donors (Lipinski definition) is 2. The summed E-state index contributed by atoms with van der Waals surface area (Å²) in [6.07, 6.45) is 7.32. The lowest BCUT2D eigenvalue weighted by Gasteiger charge is -2.06. The van der Waals surface area contributed by atoms with Gasteiger partial charge in [-0.2, -0.15) is 4.99 Å². The molecule has 1 amide bonds. The van der Waals surface area contributed by atoms with Crippen LogP contribution >= 0.6 is 11.8 Å². The molecule has 4 nitrogen and oxygen atoms in total. The highest BCUT2D eigenvalue weighted by molar-refractivity contribution is 8.18. The molecular weight excluding hydrogens is 354 g/mol. The Hall–Kier alpha value is -2.79. The topological polar surface area (TPSA) is 57.2 Å². The fourth-order valence-electron chi connectivity index (χ4n) is 3.08. The molecule has 0 fully saturated rings. The number of benzene rings is 2. The summed E-state index contributed by atoms with van der Waals surface area (Å²) in [5.74, 6) is -0.202. The third kappa shape index (κ3) is 3.98. The molecule has 5 heteroatoms. The van der Waals surface area contributed by atoms with Gasteiger partial charge in [-0.25, -0.2) is 0 Å². The largest absolute Gasteiger partial charge is 0.361 e. The van der Waals surface area contributed by atoms with Crippen LogP contribution in [0.1, 0.15) is 30.9 Å². The number of unbranched alkanes of at least 4 members (excludes halogenated alkanes) is 1. The van der Waals surface area contributed by atoms with E-state index in [1.54, 1.807) is 0 Å². The Kier molecular flexibility index (Phi) is 5.12. The van der Waals surface area contributed by atoms with Gasteiger partial charge in [-0.3, -0.25) is 4.79 Å². The van der Waals surface area contributed by atoms with Gasteiger partial charge < -0.3 is 10.3 Å². The molecule has 0 saturated carbocycles. The van der Waals surface area contributed by atoms with E-state index in [2.05, 4.69) is 34.3 Å². The first kappa shape index (κ1) is 17.6. The average molecular weight is 375 g/mol. The summed E-state index contributed by atoms with van der Waals surface area (Å²) in [5, 5.41) is 4.96. The molecule has 0 unspecified atom stereocenters. The van der Waals surface area contributed by atoms with Gasteiger partial charge in [0.25, 0.3) is 5.91 Å². The number of hydrogen-bond acceptors (Lipinski definition) is 3. The quantitative estimate of drug-likeness (QED) is 0.571. The number of carbonyl (C=O) groups is 1. The zero-order valence-electron chi connectivity index (χ0n) is 15.2. The summed E-state index contributed by atoms with van der Waals surface area (Å²) in [6, 6.07) is 16.4. The lowest BCUT2D eigenvalue weighted by Crippen LogP contribution is -2.04. The molecule has 0 spiro atoms. The van der Waals surface area contributed by atoms with Crippen LogP contribution in [0.4, 0.5) is 5.69 Å². The first-order valence-electron chi connectivity index (χ1n) is 9.17. The Morgan fingerprint density at radius 1 is 1.15 bits per heavy atom. The van der Waals surface area contributed by atoms with E-state index in [4.69, 9.17) is 0 Å². The second kappa shape index (κ2) is 7.84. The second-order valence-corrected chi connectivity index (χ2v) is 7.58. The van der Waals surface area contributed by atoms with Crippen LogP contribution in [0.2, 0.25) is 0 Å². The lowest BCUT2D eigenvalue weighted by atomic mass is 10.1. The number of aliphatic imine (C=N–C) groups is 1. The molecular formula is C22H21N3OS. The van der Waals surface area contributed by atoms with Gasteiger partial charge in [0.15, 0.2) is 5.17 Å². The van der Waals surface area contributed by atoms with Gasteiger partial charge in [-0.05, 0) is 54.4 Å². The average Bonchev–Trinajstić information content (AvgIpc) is 3.25. The third-order valence-electron chi connectivity index (χ3n) is 4.55. The molecule has 1 aliphatic rings. The maximum absolute atomic E-state index is 12.3. The first-order chi connectivity index (χ1) is 13.2. The Balaban J connectivity index is 1.46. The molecule has 3 aromatic rings. The number of aromatic nitrogens is 1. The molecule has 1 aliphatic heterocycles. The number of amides is 1. The molecule has 0 radical (unpaired) electrons. The van der Waals surface area contributed by atoms with Crippen LogP contribution in [0.15, 0.2) is 64.6 Å². The van der Waals surface area contributed by atoms with Crippen molar-refractivity contribution in [1.29, 1.82) is 0 Å². The summed E-state index contributed by atoms with van der Waals surface area (Å²) in [5.41, 5.74) is 4.34. The molecule has 4 rings (SSSR count). The Morgan fingerprint density at radius 2 is 1.96 bits per heavy atom. The van der Waals surface area contributed by atoms with Crippen LogP contribution < -0.4 is 5.32 Å². The van der Waals surface area contributed by atoms with Crippen molar-refractivity contribution < 1.29 is 4.79 Å². The van der Waals surface area contributed by atoms with E-state index >= 15 is 0 Å². The number of rotatable bonds is 5. The standard InChI is InChI=1S/C22H21N3OS/c1-2-3-6-15-9-11-17(12-10-15)24-22-25-21(26)20(27-22)13-16-14-23-19-8-5-4-7-18(16)19/h4-5,7-14,23H,2-3,6H2,1H3,(H,24,25,26)/b20-13-. The number of fused-ring (bicyclic) bond motifs is 1. The highest BCUT2D eigenvalue weighted by Crippen LogP contribution is 2.31. The molecule has 0 saturated heterocycles. The van der Waals surface area contributed by atoms with Crippen molar-refractivity contribution in [2.45, 2.75) is 26.2 Å². The highest BCUT2D eigenvalue weighted by atomic mass is 32.2. The number of carbonyl (C=O) groups excluding carboxylic acids is 1. The molecule has 0 aliphatic carbocycles. The predicted octanol–water partition coefficient (Wildman–Crippen LogP) is 5.59. The minimum Gasteiger partial charge on any atom is -0.361 e. The molecule has 2 N–H and O–H groups in total. The molecule has 2 aromatic carbocycles. The minimum atomic E-state index is -0.202. The summed E-state index contributed by atoms with van der Waals surface area (Å²) in [4.78, 5) is 20.3. The van der Waals surface area contributed by atoms with E-state index < -0.39 is 0 Å². The van der Waals surface area contributed by atoms with Crippen LogP contribution in [0.5, 0.6) is 0 Å². The lowest BCUT2D eigenvalue weighted by molar-refractivity contribution is -0.113. The fraction of sp³-hybridized carbons (Fsp3) is 0.182. The van der Waals surface area contributed by atoms with Crippen LogP contribution in [-0.2, 0) is 11.2 Å². The molecule has 27 heavy (non-hydrogen) atoms. The van der Waals surface area contributed by atoms with Gasteiger partial charge >= 0.3 is 0 Å². The molecule has 136 valence electrons. The number of H-pyrrole nitrogens is 1. The molecule has 0 bridgehead atoms. The first-order valence-corrected chi connectivity index (χ1v) is 9.99. The van der Waals surface area contributed by atoms with Gasteiger partial charge in [0.1, 0.15) is 0 Å². The van der Waals surface area contributed by atoms with Gasteiger partial charge in [-0.1, -0.05) is 43.7 Å². The maximum Gasteiger partial charge on any atom is 0.286 e. The Labute approximate surface area is 162 Å². The number of para-hydroxylation sites is 1. The predicted molar refractivity (Wildman–Crippen MR) is 115 cm³/mol.